The van der Waals surface area contributed by atoms with Crippen molar-refractivity contribution in [2.75, 3.05) is 42.9 Å². The van der Waals surface area contributed by atoms with Gasteiger partial charge in [0.25, 0.3) is 0 Å². The van der Waals surface area contributed by atoms with Gasteiger partial charge < -0.3 is 10.2 Å². The maximum Gasteiger partial charge on any atom is 0.238 e. The van der Waals surface area contributed by atoms with Crippen molar-refractivity contribution in [3.8, 4) is 0 Å². The molecule has 2 aromatic rings. The molecule has 0 spiro atoms. The van der Waals surface area contributed by atoms with Crippen LogP contribution in [-0.4, -0.2) is 43.5 Å². The quantitative estimate of drug-likeness (QED) is 0.872. The molecule has 1 N–H and O–H groups in total. The van der Waals surface area contributed by atoms with Crippen LogP contribution in [0.1, 0.15) is 5.56 Å². The number of nitrogens with zero attached hydrogens (tertiary/aromatic N) is 2. The van der Waals surface area contributed by atoms with Gasteiger partial charge in [-0.3, -0.25) is 9.69 Å². The first-order valence-corrected chi connectivity index (χ1v) is 9.06. The molecule has 0 radical (unpaired) electrons. The van der Waals surface area contributed by atoms with Gasteiger partial charge in [0.05, 0.1) is 17.3 Å². The van der Waals surface area contributed by atoms with Crippen molar-refractivity contribution in [1.29, 1.82) is 0 Å². The molecule has 0 saturated carbocycles. The summed E-state index contributed by atoms with van der Waals surface area (Å²) in [6, 6.07) is 13.3. The Balaban J connectivity index is 1.52. The largest absolute Gasteiger partial charge is 0.368 e. The molecule has 1 amide bonds. The van der Waals surface area contributed by atoms with Crippen LogP contribution in [0.3, 0.4) is 0 Å². The molecule has 0 unspecified atom stereocenters. The fraction of sp³-hybridized carbons (Fsp3) is 0.316. The van der Waals surface area contributed by atoms with Gasteiger partial charge in [0.15, 0.2) is 0 Å². The minimum absolute atomic E-state index is 0.00313. The number of anilines is 2. The molecule has 0 aromatic heterocycles. The number of piperazine rings is 1. The monoisotopic (exact) mass is 377 g/mol. The van der Waals surface area contributed by atoms with E-state index in [2.05, 4.69) is 15.1 Å². The molecular weight excluding hydrogens is 357 g/mol. The van der Waals surface area contributed by atoms with E-state index in [9.17, 15) is 4.79 Å². The van der Waals surface area contributed by atoms with Crippen LogP contribution in [0, 0.1) is 6.92 Å². The summed E-state index contributed by atoms with van der Waals surface area (Å²) in [6.45, 7) is 5.70. The minimum Gasteiger partial charge on any atom is -0.368 e. The average molecular weight is 378 g/mol. The Morgan fingerprint density at radius 2 is 1.80 bits per heavy atom. The van der Waals surface area contributed by atoms with E-state index in [1.54, 1.807) is 6.07 Å². The lowest BCUT2D eigenvalue weighted by Gasteiger charge is -2.36. The summed E-state index contributed by atoms with van der Waals surface area (Å²) in [5.74, 6) is -0.00313. The van der Waals surface area contributed by atoms with E-state index in [1.807, 2.05) is 43.3 Å². The number of carbonyl (C=O) groups excluding carboxylic acids is 1. The summed E-state index contributed by atoms with van der Waals surface area (Å²) in [6.07, 6.45) is 0. The van der Waals surface area contributed by atoms with Crippen LogP contribution in [0.25, 0.3) is 0 Å². The van der Waals surface area contributed by atoms with E-state index in [0.717, 1.165) is 48.1 Å². The second kappa shape index (κ2) is 8.09. The molecule has 0 aliphatic carbocycles. The summed E-state index contributed by atoms with van der Waals surface area (Å²) in [4.78, 5) is 16.7. The molecule has 0 atom stereocenters. The highest BCUT2D eigenvalue weighted by Crippen LogP contribution is 2.26. The van der Waals surface area contributed by atoms with E-state index in [-0.39, 0.29) is 5.91 Å². The summed E-state index contributed by atoms with van der Waals surface area (Å²) in [5, 5.41) is 4.41. The zero-order valence-corrected chi connectivity index (χ0v) is 15.6. The highest BCUT2D eigenvalue weighted by molar-refractivity contribution is 6.33. The van der Waals surface area contributed by atoms with Gasteiger partial charge in [0, 0.05) is 36.9 Å². The van der Waals surface area contributed by atoms with E-state index < -0.39 is 0 Å². The Morgan fingerprint density at radius 1 is 1.08 bits per heavy atom. The molecular formula is C19H21Cl2N3O. The van der Waals surface area contributed by atoms with E-state index in [0.29, 0.717) is 11.6 Å². The van der Waals surface area contributed by atoms with Gasteiger partial charge >= 0.3 is 0 Å². The molecule has 6 heteroatoms. The van der Waals surface area contributed by atoms with Crippen LogP contribution in [0.4, 0.5) is 11.4 Å². The van der Waals surface area contributed by atoms with Crippen LogP contribution >= 0.6 is 23.2 Å². The van der Waals surface area contributed by atoms with Crippen molar-refractivity contribution in [2.24, 2.45) is 0 Å². The number of benzene rings is 2. The molecule has 1 heterocycles. The first kappa shape index (κ1) is 18.1. The van der Waals surface area contributed by atoms with Crippen molar-refractivity contribution in [3.63, 3.8) is 0 Å². The first-order chi connectivity index (χ1) is 12.0. The molecule has 1 aliphatic heterocycles. The van der Waals surface area contributed by atoms with Crippen molar-refractivity contribution < 1.29 is 4.79 Å². The summed E-state index contributed by atoms with van der Waals surface area (Å²) in [7, 11) is 0. The number of carbonyl (C=O) groups is 1. The smallest absolute Gasteiger partial charge is 0.238 e. The third kappa shape index (κ3) is 4.66. The Bertz CT molecular complexity index is 758. The number of nitrogens with one attached hydrogen (secondary N) is 1. The Kier molecular flexibility index (Phi) is 5.84. The van der Waals surface area contributed by atoms with E-state index in [1.165, 1.54) is 0 Å². The van der Waals surface area contributed by atoms with Gasteiger partial charge in [0.2, 0.25) is 5.91 Å². The van der Waals surface area contributed by atoms with Crippen LogP contribution < -0.4 is 10.2 Å². The number of hydrogen-bond acceptors (Lipinski definition) is 3. The summed E-state index contributed by atoms with van der Waals surface area (Å²) in [5.41, 5.74) is 2.83. The van der Waals surface area contributed by atoms with Gasteiger partial charge in [-0.05, 0) is 42.8 Å². The van der Waals surface area contributed by atoms with Crippen LogP contribution in [0.5, 0.6) is 0 Å². The topological polar surface area (TPSA) is 35.6 Å². The zero-order chi connectivity index (χ0) is 17.8. The van der Waals surface area contributed by atoms with Gasteiger partial charge in [-0.25, -0.2) is 0 Å². The third-order valence-electron chi connectivity index (χ3n) is 4.40. The maximum absolute atomic E-state index is 12.3. The SMILES string of the molecule is Cc1cc(Cl)ccc1NC(=O)CN1CCN(c2ccccc2Cl)CC1. The molecule has 1 fully saturated rings. The summed E-state index contributed by atoms with van der Waals surface area (Å²) >= 11 is 12.2. The molecule has 25 heavy (non-hydrogen) atoms. The highest BCUT2D eigenvalue weighted by atomic mass is 35.5. The average Bonchev–Trinajstić information content (AvgIpc) is 2.59. The van der Waals surface area contributed by atoms with Crippen molar-refractivity contribution >= 4 is 40.5 Å². The Morgan fingerprint density at radius 3 is 2.48 bits per heavy atom. The molecule has 0 bridgehead atoms. The van der Waals surface area contributed by atoms with E-state index in [4.69, 9.17) is 23.2 Å². The second-order valence-corrected chi connectivity index (χ2v) is 7.07. The third-order valence-corrected chi connectivity index (χ3v) is 4.95. The second-order valence-electron chi connectivity index (χ2n) is 6.22. The molecule has 3 rings (SSSR count). The molecule has 1 saturated heterocycles. The molecule has 132 valence electrons. The number of hydrogen-bond donors (Lipinski definition) is 1. The van der Waals surface area contributed by atoms with E-state index >= 15 is 0 Å². The maximum atomic E-state index is 12.3. The lowest BCUT2D eigenvalue weighted by atomic mass is 10.2. The Labute approximate surface area is 158 Å². The van der Waals surface area contributed by atoms with Crippen molar-refractivity contribution in [2.45, 2.75) is 6.92 Å². The van der Waals surface area contributed by atoms with Gasteiger partial charge in [-0.15, -0.1) is 0 Å². The van der Waals surface area contributed by atoms with Crippen LogP contribution in [-0.2, 0) is 4.79 Å². The minimum atomic E-state index is -0.00313. The van der Waals surface area contributed by atoms with Crippen LogP contribution in [0.15, 0.2) is 42.5 Å². The predicted molar refractivity (Wildman–Crippen MR) is 105 cm³/mol. The van der Waals surface area contributed by atoms with Crippen molar-refractivity contribution in [1.82, 2.24) is 4.90 Å². The molecule has 1 aliphatic rings. The van der Waals surface area contributed by atoms with Gasteiger partial charge in [-0.2, -0.15) is 0 Å². The Hall–Kier alpha value is -1.75. The predicted octanol–water partition coefficient (Wildman–Crippen LogP) is 4.06. The lowest BCUT2D eigenvalue weighted by molar-refractivity contribution is -0.117. The number of rotatable bonds is 4. The fourth-order valence-corrected chi connectivity index (χ4v) is 3.50. The lowest BCUT2D eigenvalue weighted by Crippen LogP contribution is -2.48. The standard InChI is InChI=1S/C19H21Cl2N3O/c1-14-12-15(20)6-7-17(14)22-19(25)13-23-8-10-24(11-9-23)18-5-3-2-4-16(18)21/h2-7,12H,8-11,13H2,1H3,(H,22,25). The van der Waals surface area contributed by atoms with Gasteiger partial charge in [0.1, 0.15) is 0 Å². The number of para-hydroxylation sites is 1. The van der Waals surface area contributed by atoms with Crippen LogP contribution in [0.2, 0.25) is 10.0 Å². The first-order valence-electron chi connectivity index (χ1n) is 8.31. The highest BCUT2D eigenvalue weighted by Gasteiger charge is 2.20. The van der Waals surface area contributed by atoms with Crippen molar-refractivity contribution in [3.05, 3.63) is 58.1 Å². The number of halogens is 2. The number of aryl methyl sites for hydroxylation is 1. The molecule has 4 nitrogen and oxygen atoms in total. The molecule has 2 aromatic carbocycles. The fourth-order valence-electron chi connectivity index (χ4n) is 3.02. The summed E-state index contributed by atoms with van der Waals surface area (Å²) < 4.78 is 0. The number of amides is 1. The van der Waals surface area contributed by atoms with Gasteiger partial charge in [-0.1, -0.05) is 35.3 Å². The normalized spacial score (nSPS) is 15.2. The zero-order valence-electron chi connectivity index (χ0n) is 14.1.